The third-order valence-electron chi connectivity index (χ3n) is 5.65. The Morgan fingerprint density at radius 2 is 2.12 bits per heavy atom. The lowest BCUT2D eigenvalue weighted by atomic mass is 9.80. The standard InChI is InChI=1S/C20H25N3O/c24-20(13-16-7-3-6-15-5-1-2-9-18(15)16)23-12-4-8-17(14-23)19-10-11-21-22-19/h1-2,5,9-11,16-17H,3-4,6-8,12-14H2,(H,21,22)/t16-,17+/m1/s1. The summed E-state index contributed by atoms with van der Waals surface area (Å²) < 4.78 is 0. The van der Waals surface area contributed by atoms with E-state index in [-0.39, 0.29) is 0 Å². The molecule has 4 rings (SSSR count). The van der Waals surface area contributed by atoms with Gasteiger partial charge < -0.3 is 4.90 Å². The lowest BCUT2D eigenvalue weighted by molar-refractivity contribution is -0.132. The molecule has 0 saturated carbocycles. The van der Waals surface area contributed by atoms with Gasteiger partial charge in [-0.1, -0.05) is 24.3 Å². The third kappa shape index (κ3) is 3.10. The van der Waals surface area contributed by atoms with Gasteiger partial charge in [0.2, 0.25) is 5.91 Å². The number of carbonyl (C=O) groups excluding carboxylic acids is 1. The smallest absolute Gasteiger partial charge is 0.223 e. The van der Waals surface area contributed by atoms with Crippen LogP contribution in [0.15, 0.2) is 36.5 Å². The Labute approximate surface area is 143 Å². The maximum absolute atomic E-state index is 12.9. The number of amides is 1. The molecule has 24 heavy (non-hydrogen) atoms. The van der Waals surface area contributed by atoms with Crippen LogP contribution in [0.3, 0.4) is 0 Å². The first-order chi connectivity index (χ1) is 11.8. The van der Waals surface area contributed by atoms with E-state index in [9.17, 15) is 4.79 Å². The highest BCUT2D eigenvalue weighted by Crippen LogP contribution is 2.35. The molecule has 0 bridgehead atoms. The van der Waals surface area contributed by atoms with Crippen LogP contribution in [0, 0.1) is 0 Å². The first-order valence-electron chi connectivity index (χ1n) is 9.16. The van der Waals surface area contributed by atoms with Gasteiger partial charge in [0.25, 0.3) is 0 Å². The molecule has 1 N–H and O–H groups in total. The van der Waals surface area contributed by atoms with Gasteiger partial charge in [-0.2, -0.15) is 5.10 Å². The lowest BCUT2D eigenvalue weighted by Crippen LogP contribution is -2.40. The number of H-pyrrole nitrogens is 1. The number of hydrogen-bond acceptors (Lipinski definition) is 2. The predicted molar refractivity (Wildman–Crippen MR) is 93.9 cm³/mol. The highest BCUT2D eigenvalue weighted by atomic mass is 16.2. The third-order valence-corrected chi connectivity index (χ3v) is 5.65. The molecule has 2 heterocycles. The fourth-order valence-corrected chi connectivity index (χ4v) is 4.36. The van der Waals surface area contributed by atoms with Crippen molar-refractivity contribution in [1.29, 1.82) is 0 Å². The Bertz CT molecular complexity index is 695. The lowest BCUT2D eigenvalue weighted by Gasteiger charge is -2.34. The number of piperidine rings is 1. The van der Waals surface area contributed by atoms with Crippen molar-refractivity contribution in [1.82, 2.24) is 15.1 Å². The number of aryl methyl sites for hydroxylation is 1. The zero-order chi connectivity index (χ0) is 16.4. The molecule has 1 amide bonds. The second-order valence-corrected chi connectivity index (χ2v) is 7.18. The Balaban J connectivity index is 1.43. The van der Waals surface area contributed by atoms with Crippen LogP contribution >= 0.6 is 0 Å². The number of rotatable bonds is 3. The molecule has 1 aromatic carbocycles. The first kappa shape index (κ1) is 15.4. The maximum Gasteiger partial charge on any atom is 0.223 e. The zero-order valence-corrected chi connectivity index (χ0v) is 14.1. The monoisotopic (exact) mass is 323 g/mol. The number of hydrogen-bond donors (Lipinski definition) is 1. The van der Waals surface area contributed by atoms with Crippen LogP contribution in [0.1, 0.15) is 60.8 Å². The summed E-state index contributed by atoms with van der Waals surface area (Å²) >= 11 is 0. The summed E-state index contributed by atoms with van der Waals surface area (Å²) in [4.78, 5) is 15.0. The molecule has 4 nitrogen and oxygen atoms in total. The van der Waals surface area contributed by atoms with E-state index in [0.717, 1.165) is 44.5 Å². The Kier molecular flexibility index (Phi) is 4.37. The van der Waals surface area contributed by atoms with E-state index < -0.39 is 0 Å². The maximum atomic E-state index is 12.9. The van der Waals surface area contributed by atoms with Crippen molar-refractivity contribution >= 4 is 5.91 Å². The normalized spacial score (nSPS) is 23.8. The highest BCUT2D eigenvalue weighted by Gasteiger charge is 2.28. The predicted octanol–water partition coefficient (Wildman–Crippen LogP) is 3.63. The summed E-state index contributed by atoms with van der Waals surface area (Å²) in [6.07, 6.45) is 8.18. The largest absolute Gasteiger partial charge is 0.342 e. The summed E-state index contributed by atoms with van der Waals surface area (Å²) in [6, 6.07) is 10.7. The van der Waals surface area contributed by atoms with E-state index in [0.29, 0.717) is 24.2 Å². The van der Waals surface area contributed by atoms with Crippen molar-refractivity contribution in [2.75, 3.05) is 13.1 Å². The average Bonchev–Trinajstić information content (AvgIpc) is 3.17. The molecular formula is C20H25N3O. The summed E-state index contributed by atoms with van der Waals surface area (Å²) in [5.74, 6) is 1.12. The zero-order valence-electron chi connectivity index (χ0n) is 14.1. The molecule has 0 radical (unpaired) electrons. The number of nitrogens with one attached hydrogen (secondary N) is 1. The molecule has 1 fully saturated rings. The van der Waals surface area contributed by atoms with Crippen LogP contribution in [-0.2, 0) is 11.2 Å². The minimum Gasteiger partial charge on any atom is -0.342 e. The fourth-order valence-electron chi connectivity index (χ4n) is 4.36. The van der Waals surface area contributed by atoms with Crippen LogP contribution in [0.4, 0.5) is 0 Å². The molecule has 4 heteroatoms. The van der Waals surface area contributed by atoms with E-state index >= 15 is 0 Å². The molecule has 1 saturated heterocycles. The summed E-state index contributed by atoms with van der Waals surface area (Å²) in [6.45, 7) is 1.73. The van der Waals surface area contributed by atoms with E-state index in [1.165, 1.54) is 17.5 Å². The number of aromatic nitrogens is 2. The number of benzene rings is 1. The molecule has 126 valence electrons. The van der Waals surface area contributed by atoms with E-state index in [2.05, 4.69) is 39.4 Å². The molecule has 0 spiro atoms. The van der Waals surface area contributed by atoms with Gasteiger partial charge in [-0.25, -0.2) is 0 Å². The van der Waals surface area contributed by atoms with Crippen molar-refractivity contribution in [2.24, 2.45) is 0 Å². The molecule has 1 aliphatic heterocycles. The van der Waals surface area contributed by atoms with Crippen molar-refractivity contribution in [3.8, 4) is 0 Å². The number of fused-ring (bicyclic) bond motifs is 1. The second kappa shape index (κ2) is 6.80. The van der Waals surface area contributed by atoms with Gasteiger partial charge in [0, 0.05) is 37.3 Å². The minimum absolute atomic E-state index is 0.320. The minimum atomic E-state index is 0.320. The SMILES string of the molecule is O=C(C[C@H]1CCCc2ccccc21)N1CCC[C@H](c2ccn[nH]2)C1. The number of likely N-dealkylation sites (tertiary alicyclic amines) is 1. The Morgan fingerprint density at radius 1 is 1.21 bits per heavy atom. The molecule has 2 aliphatic rings. The molecule has 2 atom stereocenters. The van der Waals surface area contributed by atoms with Crippen molar-refractivity contribution < 1.29 is 4.79 Å². The van der Waals surface area contributed by atoms with Crippen molar-refractivity contribution in [2.45, 2.75) is 50.4 Å². The average molecular weight is 323 g/mol. The van der Waals surface area contributed by atoms with Gasteiger partial charge in [0.1, 0.15) is 0 Å². The van der Waals surface area contributed by atoms with E-state index in [4.69, 9.17) is 0 Å². The van der Waals surface area contributed by atoms with Gasteiger partial charge in [0.15, 0.2) is 0 Å². The van der Waals surface area contributed by atoms with Crippen LogP contribution in [-0.4, -0.2) is 34.1 Å². The van der Waals surface area contributed by atoms with E-state index in [1.54, 1.807) is 6.20 Å². The van der Waals surface area contributed by atoms with Crippen molar-refractivity contribution in [3.63, 3.8) is 0 Å². The number of aromatic amines is 1. The van der Waals surface area contributed by atoms with Gasteiger partial charge in [-0.15, -0.1) is 0 Å². The summed E-state index contributed by atoms with van der Waals surface area (Å²) in [5, 5.41) is 7.13. The Hall–Kier alpha value is -2.10. The van der Waals surface area contributed by atoms with Crippen LogP contribution in [0.5, 0.6) is 0 Å². The summed E-state index contributed by atoms with van der Waals surface area (Å²) in [7, 11) is 0. The van der Waals surface area contributed by atoms with Gasteiger partial charge in [0.05, 0.1) is 0 Å². The molecule has 0 unspecified atom stereocenters. The van der Waals surface area contributed by atoms with Crippen LogP contribution in [0.2, 0.25) is 0 Å². The second-order valence-electron chi connectivity index (χ2n) is 7.18. The number of carbonyl (C=O) groups is 1. The van der Waals surface area contributed by atoms with E-state index in [1.807, 2.05) is 6.07 Å². The molecule has 1 aliphatic carbocycles. The van der Waals surface area contributed by atoms with Gasteiger partial charge >= 0.3 is 0 Å². The highest BCUT2D eigenvalue weighted by molar-refractivity contribution is 5.77. The molecule has 2 aromatic rings. The van der Waals surface area contributed by atoms with Crippen LogP contribution < -0.4 is 0 Å². The van der Waals surface area contributed by atoms with Gasteiger partial charge in [-0.05, 0) is 55.2 Å². The Morgan fingerprint density at radius 3 is 3.00 bits per heavy atom. The quantitative estimate of drug-likeness (QED) is 0.938. The fraction of sp³-hybridized carbons (Fsp3) is 0.500. The number of nitrogens with zero attached hydrogens (tertiary/aromatic N) is 2. The topological polar surface area (TPSA) is 49.0 Å². The molecule has 1 aromatic heterocycles. The first-order valence-corrected chi connectivity index (χ1v) is 9.16. The summed E-state index contributed by atoms with van der Waals surface area (Å²) in [5.41, 5.74) is 4.00. The van der Waals surface area contributed by atoms with Crippen LogP contribution in [0.25, 0.3) is 0 Å². The van der Waals surface area contributed by atoms with Crippen molar-refractivity contribution in [3.05, 3.63) is 53.3 Å². The molecular weight excluding hydrogens is 298 g/mol. The van der Waals surface area contributed by atoms with Gasteiger partial charge in [-0.3, -0.25) is 9.89 Å².